The van der Waals surface area contributed by atoms with Crippen molar-refractivity contribution in [3.05, 3.63) is 54.2 Å². The first-order chi connectivity index (χ1) is 7.79. The molecule has 1 aromatic carbocycles. The number of rotatable bonds is 3. The second kappa shape index (κ2) is 4.79. The minimum absolute atomic E-state index is 0.967. The van der Waals surface area contributed by atoms with Gasteiger partial charge in [0.2, 0.25) is 0 Å². The lowest BCUT2D eigenvalue weighted by Gasteiger charge is -2.04. The van der Waals surface area contributed by atoms with E-state index < -0.39 is 0 Å². The van der Waals surface area contributed by atoms with Gasteiger partial charge in [-0.25, -0.2) is 9.88 Å². The van der Waals surface area contributed by atoms with Crippen LogP contribution in [0.15, 0.2) is 48.7 Å². The number of nitrogens with one attached hydrogen (secondary N) is 1. The number of aromatic nitrogens is 1. The molecule has 0 spiro atoms. The highest BCUT2D eigenvalue weighted by Gasteiger charge is 2.06. The SMILES string of the molecule is CC[n+]1ccccc1Nc1cccc(C)c1. The molecular formula is C14H17N2+. The van der Waals surface area contributed by atoms with Crippen LogP contribution < -0.4 is 9.88 Å². The van der Waals surface area contributed by atoms with Gasteiger partial charge in [-0.3, -0.25) is 0 Å². The smallest absolute Gasteiger partial charge is 0.241 e. The maximum atomic E-state index is 3.43. The highest BCUT2D eigenvalue weighted by molar-refractivity contribution is 5.54. The molecule has 16 heavy (non-hydrogen) atoms. The van der Waals surface area contributed by atoms with Crippen LogP contribution in [0.5, 0.6) is 0 Å². The van der Waals surface area contributed by atoms with Crippen molar-refractivity contribution in [1.29, 1.82) is 0 Å². The van der Waals surface area contributed by atoms with Crippen molar-refractivity contribution in [2.24, 2.45) is 0 Å². The second-order valence-electron chi connectivity index (χ2n) is 3.87. The molecule has 0 radical (unpaired) electrons. The molecule has 0 amide bonds. The van der Waals surface area contributed by atoms with Crippen LogP contribution in [-0.4, -0.2) is 0 Å². The molecule has 0 aliphatic carbocycles. The zero-order valence-corrected chi connectivity index (χ0v) is 9.77. The van der Waals surface area contributed by atoms with Gasteiger partial charge in [-0.05, 0) is 37.6 Å². The lowest BCUT2D eigenvalue weighted by molar-refractivity contribution is -0.679. The van der Waals surface area contributed by atoms with E-state index in [1.54, 1.807) is 0 Å². The molecule has 1 heterocycles. The Kier molecular flexibility index (Phi) is 3.20. The van der Waals surface area contributed by atoms with Crippen molar-refractivity contribution >= 4 is 11.5 Å². The molecular weight excluding hydrogens is 196 g/mol. The molecule has 2 nitrogen and oxygen atoms in total. The number of pyridine rings is 1. The molecule has 2 heteroatoms. The minimum Gasteiger partial charge on any atom is -0.241 e. The Morgan fingerprint density at radius 2 is 2.00 bits per heavy atom. The van der Waals surface area contributed by atoms with Gasteiger partial charge >= 0.3 is 0 Å². The van der Waals surface area contributed by atoms with Gasteiger partial charge in [-0.1, -0.05) is 18.2 Å². The van der Waals surface area contributed by atoms with Crippen LogP contribution in [0.2, 0.25) is 0 Å². The standard InChI is InChI=1S/C14H16N2/c1-3-16-10-5-4-9-14(16)15-13-8-6-7-12(2)11-13/h4-11H,3H2,1-2H3/p+1. The highest BCUT2D eigenvalue weighted by Crippen LogP contribution is 2.14. The van der Waals surface area contributed by atoms with Crippen LogP contribution in [0.1, 0.15) is 12.5 Å². The average Bonchev–Trinajstić information content (AvgIpc) is 2.30. The van der Waals surface area contributed by atoms with Crippen LogP contribution in [0.3, 0.4) is 0 Å². The number of nitrogens with zero attached hydrogens (tertiary/aromatic N) is 1. The summed E-state index contributed by atoms with van der Waals surface area (Å²) in [6.45, 7) is 5.21. The Balaban J connectivity index is 2.26. The average molecular weight is 213 g/mol. The van der Waals surface area contributed by atoms with Gasteiger partial charge in [-0.15, -0.1) is 0 Å². The predicted molar refractivity (Wildman–Crippen MR) is 66.8 cm³/mol. The summed E-state index contributed by atoms with van der Waals surface area (Å²) in [5, 5.41) is 3.43. The normalized spacial score (nSPS) is 10.1. The third-order valence-corrected chi connectivity index (χ3v) is 2.57. The fourth-order valence-electron chi connectivity index (χ4n) is 1.74. The summed E-state index contributed by atoms with van der Waals surface area (Å²) >= 11 is 0. The minimum atomic E-state index is 0.967. The summed E-state index contributed by atoms with van der Waals surface area (Å²) in [6.07, 6.45) is 2.08. The number of hydrogen-bond donors (Lipinski definition) is 1. The maximum absolute atomic E-state index is 3.43. The molecule has 0 bridgehead atoms. The van der Waals surface area contributed by atoms with E-state index in [2.05, 4.69) is 60.3 Å². The number of benzene rings is 1. The molecule has 82 valence electrons. The van der Waals surface area contributed by atoms with Gasteiger partial charge in [0.05, 0.1) is 12.7 Å². The van der Waals surface area contributed by atoms with E-state index in [0.29, 0.717) is 0 Å². The Hall–Kier alpha value is -1.83. The molecule has 2 aromatic rings. The fourth-order valence-corrected chi connectivity index (χ4v) is 1.74. The van der Waals surface area contributed by atoms with Gasteiger partial charge in [0.25, 0.3) is 5.82 Å². The lowest BCUT2D eigenvalue weighted by Crippen LogP contribution is -2.34. The molecule has 0 saturated carbocycles. The number of aryl methyl sites for hydroxylation is 2. The van der Waals surface area contributed by atoms with Crippen LogP contribution in [0.4, 0.5) is 11.5 Å². The van der Waals surface area contributed by atoms with Crippen LogP contribution in [-0.2, 0) is 6.54 Å². The van der Waals surface area contributed by atoms with Crippen molar-refractivity contribution in [3.63, 3.8) is 0 Å². The van der Waals surface area contributed by atoms with Crippen molar-refractivity contribution in [3.8, 4) is 0 Å². The van der Waals surface area contributed by atoms with Gasteiger partial charge in [0, 0.05) is 6.07 Å². The molecule has 0 unspecified atom stereocenters. The molecule has 1 N–H and O–H groups in total. The first-order valence-corrected chi connectivity index (χ1v) is 5.62. The van der Waals surface area contributed by atoms with Crippen LogP contribution in [0, 0.1) is 6.92 Å². The largest absolute Gasteiger partial charge is 0.279 e. The Morgan fingerprint density at radius 3 is 2.75 bits per heavy atom. The monoisotopic (exact) mass is 213 g/mol. The molecule has 2 rings (SSSR count). The summed E-state index contributed by atoms with van der Waals surface area (Å²) in [5.41, 5.74) is 2.40. The quantitative estimate of drug-likeness (QED) is 0.775. The Bertz CT molecular complexity index is 478. The summed E-state index contributed by atoms with van der Waals surface area (Å²) in [4.78, 5) is 0. The van der Waals surface area contributed by atoms with Crippen LogP contribution >= 0.6 is 0 Å². The molecule has 1 aromatic heterocycles. The van der Waals surface area contributed by atoms with Crippen molar-refractivity contribution in [2.75, 3.05) is 5.32 Å². The Morgan fingerprint density at radius 1 is 1.12 bits per heavy atom. The summed E-state index contributed by atoms with van der Waals surface area (Å²) in [6, 6.07) is 14.6. The van der Waals surface area contributed by atoms with E-state index in [0.717, 1.165) is 18.1 Å². The number of hydrogen-bond acceptors (Lipinski definition) is 1. The topological polar surface area (TPSA) is 15.9 Å². The molecule has 0 fully saturated rings. The van der Waals surface area contributed by atoms with Gasteiger partial charge in [0.15, 0.2) is 0 Å². The zero-order valence-electron chi connectivity index (χ0n) is 9.77. The van der Waals surface area contributed by atoms with Crippen molar-refractivity contribution < 1.29 is 4.57 Å². The first kappa shape index (κ1) is 10.7. The van der Waals surface area contributed by atoms with E-state index in [9.17, 15) is 0 Å². The summed E-state index contributed by atoms with van der Waals surface area (Å²) < 4.78 is 2.18. The van der Waals surface area contributed by atoms with Gasteiger partial charge < -0.3 is 0 Å². The van der Waals surface area contributed by atoms with Crippen molar-refractivity contribution in [2.45, 2.75) is 20.4 Å². The van der Waals surface area contributed by atoms with Crippen LogP contribution in [0.25, 0.3) is 0 Å². The molecule has 0 saturated heterocycles. The van der Waals surface area contributed by atoms with Crippen molar-refractivity contribution in [1.82, 2.24) is 0 Å². The van der Waals surface area contributed by atoms with E-state index in [-0.39, 0.29) is 0 Å². The zero-order chi connectivity index (χ0) is 11.4. The third kappa shape index (κ3) is 2.40. The van der Waals surface area contributed by atoms with E-state index in [1.807, 2.05) is 12.1 Å². The third-order valence-electron chi connectivity index (χ3n) is 2.57. The summed E-state index contributed by atoms with van der Waals surface area (Å²) in [5.74, 6) is 1.12. The lowest BCUT2D eigenvalue weighted by atomic mass is 10.2. The van der Waals surface area contributed by atoms with E-state index >= 15 is 0 Å². The highest BCUT2D eigenvalue weighted by atomic mass is 15.1. The summed E-state index contributed by atoms with van der Waals surface area (Å²) in [7, 11) is 0. The van der Waals surface area contributed by atoms with Gasteiger partial charge in [-0.2, -0.15) is 0 Å². The number of anilines is 2. The van der Waals surface area contributed by atoms with E-state index in [1.165, 1.54) is 5.56 Å². The maximum Gasteiger partial charge on any atom is 0.279 e. The second-order valence-corrected chi connectivity index (χ2v) is 3.87. The molecule has 0 aliphatic heterocycles. The van der Waals surface area contributed by atoms with Gasteiger partial charge in [0.1, 0.15) is 5.69 Å². The van der Waals surface area contributed by atoms with E-state index in [4.69, 9.17) is 0 Å². The molecule has 0 atom stereocenters. The molecule has 0 aliphatic rings. The predicted octanol–water partition coefficient (Wildman–Crippen LogP) is 3.05. The first-order valence-electron chi connectivity index (χ1n) is 5.62. The fraction of sp³-hybridized carbons (Fsp3) is 0.214. The Labute approximate surface area is 96.6 Å².